The van der Waals surface area contributed by atoms with Crippen LogP contribution in [0.4, 0.5) is 8.78 Å². The van der Waals surface area contributed by atoms with Gasteiger partial charge in [0.05, 0.1) is 24.9 Å². The molecule has 4 rings (SSSR count). The van der Waals surface area contributed by atoms with Gasteiger partial charge in [-0.3, -0.25) is 4.79 Å². The standard InChI is InChI=1S/C25H22F2N2O3/c1-31-24-9-5-3-7-21(24)23-14-19(32-28-23)16-29(15-17-10-12-18(26)13-11-17)25(30)20-6-2-4-8-22(20)27/h2-13,19H,14-16H2,1H3/t19-/m1/s1. The van der Waals surface area contributed by atoms with Crippen LogP contribution in [-0.4, -0.2) is 36.3 Å². The third-order valence-corrected chi connectivity index (χ3v) is 5.25. The van der Waals surface area contributed by atoms with E-state index in [-0.39, 0.29) is 24.5 Å². The van der Waals surface area contributed by atoms with E-state index in [2.05, 4.69) is 5.16 Å². The van der Waals surface area contributed by atoms with Crippen molar-refractivity contribution in [1.29, 1.82) is 0 Å². The Hall–Kier alpha value is -3.74. The number of carbonyl (C=O) groups excluding carboxylic acids is 1. The molecule has 1 heterocycles. The van der Waals surface area contributed by atoms with Gasteiger partial charge in [0.15, 0.2) is 6.10 Å². The van der Waals surface area contributed by atoms with E-state index in [0.717, 1.165) is 11.1 Å². The zero-order chi connectivity index (χ0) is 22.5. The van der Waals surface area contributed by atoms with Crippen molar-refractivity contribution in [1.82, 2.24) is 4.90 Å². The highest BCUT2D eigenvalue weighted by atomic mass is 19.1. The lowest BCUT2D eigenvalue weighted by Crippen LogP contribution is -2.37. The van der Waals surface area contributed by atoms with Crippen molar-refractivity contribution in [3.8, 4) is 5.75 Å². The normalized spacial score (nSPS) is 15.1. The average molecular weight is 436 g/mol. The number of hydrogen-bond acceptors (Lipinski definition) is 4. The van der Waals surface area contributed by atoms with E-state index >= 15 is 0 Å². The molecule has 0 saturated carbocycles. The van der Waals surface area contributed by atoms with Crippen LogP contribution in [0.5, 0.6) is 5.75 Å². The monoisotopic (exact) mass is 436 g/mol. The first-order valence-electron chi connectivity index (χ1n) is 10.2. The summed E-state index contributed by atoms with van der Waals surface area (Å²) in [5.41, 5.74) is 2.23. The molecule has 5 nitrogen and oxygen atoms in total. The van der Waals surface area contributed by atoms with Crippen molar-refractivity contribution >= 4 is 11.6 Å². The number of benzene rings is 3. The predicted molar refractivity (Wildman–Crippen MR) is 117 cm³/mol. The molecule has 0 spiro atoms. The number of rotatable bonds is 7. The van der Waals surface area contributed by atoms with E-state index < -0.39 is 17.8 Å². The minimum Gasteiger partial charge on any atom is -0.496 e. The molecule has 0 N–H and O–H groups in total. The fraction of sp³-hybridized carbons (Fsp3) is 0.200. The number of nitrogens with zero attached hydrogens (tertiary/aromatic N) is 2. The Bertz CT molecular complexity index is 1130. The summed E-state index contributed by atoms with van der Waals surface area (Å²) >= 11 is 0. The molecule has 3 aromatic carbocycles. The fourth-order valence-corrected chi connectivity index (χ4v) is 3.65. The summed E-state index contributed by atoms with van der Waals surface area (Å²) < 4.78 is 33.0. The first-order valence-corrected chi connectivity index (χ1v) is 10.2. The summed E-state index contributed by atoms with van der Waals surface area (Å²) in [6.45, 7) is 0.365. The van der Waals surface area contributed by atoms with Crippen molar-refractivity contribution in [3.05, 3.63) is 101 Å². The maximum atomic E-state index is 14.3. The number of amides is 1. The van der Waals surface area contributed by atoms with E-state index in [9.17, 15) is 13.6 Å². The number of para-hydroxylation sites is 1. The molecule has 1 atom stereocenters. The zero-order valence-electron chi connectivity index (χ0n) is 17.5. The molecule has 3 aromatic rings. The highest BCUT2D eigenvalue weighted by molar-refractivity contribution is 6.03. The minimum atomic E-state index is -0.597. The summed E-state index contributed by atoms with van der Waals surface area (Å²) in [5.74, 6) is -0.752. The quantitative estimate of drug-likeness (QED) is 0.534. The molecule has 0 fully saturated rings. The van der Waals surface area contributed by atoms with Crippen molar-refractivity contribution in [2.45, 2.75) is 19.1 Å². The van der Waals surface area contributed by atoms with Crippen LogP contribution in [0, 0.1) is 11.6 Å². The Morgan fingerprint density at radius 2 is 1.78 bits per heavy atom. The topological polar surface area (TPSA) is 51.1 Å². The van der Waals surface area contributed by atoms with Gasteiger partial charge in [-0.25, -0.2) is 8.78 Å². The summed E-state index contributed by atoms with van der Waals surface area (Å²) in [4.78, 5) is 20.3. The molecule has 0 bridgehead atoms. The lowest BCUT2D eigenvalue weighted by Gasteiger charge is -2.25. The van der Waals surface area contributed by atoms with E-state index in [1.165, 1.54) is 35.2 Å². The molecular formula is C25H22F2N2O3. The van der Waals surface area contributed by atoms with Gasteiger partial charge in [0.25, 0.3) is 5.91 Å². The number of ether oxygens (including phenoxy) is 1. The van der Waals surface area contributed by atoms with Crippen LogP contribution in [0.2, 0.25) is 0 Å². The Kier molecular flexibility index (Phi) is 6.44. The van der Waals surface area contributed by atoms with E-state index in [4.69, 9.17) is 9.57 Å². The number of methoxy groups -OCH3 is 1. The molecule has 1 aliphatic rings. The molecular weight excluding hydrogens is 414 g/mol. The molecule has 0 aliphatic carbocycles. The zero-order valence-corrected chi connectivity index (χ0v) is 17.5. The van der Waals surface area contributed by atoms with E-state index in [1.807, 2.05) is 24.3 Å². The average Bonchev–Trinajstić information content (AvgIpc) is 3.28. The van der Waals surface area contributed by atoms with Gasteiger partial charge in [-0.15, -0.1) is 0 Å². The Morgan fingerprint density at radius 3 is 2.53 bits per heavy atom. The second kappa shape index (κ2) is 9.60. The molecule has 0 saturated heterocycles. The van der Waals surface area contributed by atoms with Gasteiger partial charge in [0, 0.05) is 18.5 Å². The maximum absolute atomic E-state index is 14.3. The third kappa shape index (κ3) is 4.77. The smallest absolute Gasteiger partial charge is 0.257 e. The maximum Gasteiger partial charge on any atom is 0.257 e. The Labute approximate surface area is 184 Å². The lowest BCUT2D eigenvalue weighted by molar-refractivity contribution is 0.0402. The summed E-state index contributed by atoms with van der Waals surface area (Å²) in [6.07, 6.45) is 0.0521. The molecule has 1 aliphatic heterocycles. The van der Waals surface area contributed by atoms with E-state index in [1.54, 1.807) is 25.3 Å². The van der Waals surface area contributed by atoms with Crippen LogP contribution in [0.3, 0.4) is 0 Å². The highest BCUT2D eigenvalue weighted by Gasteiger charge is 2.29. The minimum absolute atomic E-state index is 0.0292. The van der Waals surface area contributed by atoms with Crippen LogP contribution in [-0.2, 0) is 11.4 Å². The van der Waals surface area contributed by atoms with Crippen LogP contribution in [0.15, 0.2) is 78.0 Å². The molecule has 164 valence electrons. The highest BCUT2D eigenvalue weighted by Crippen LogP contribution is 2.25. The van der Waals surface area contributed by atoms with Gasteiger partial charge >= 0.3 is 0 Å². The number of carbonyl (C=O) groups is 1. The van der Waals surface area contributed by atoms with Crippen LogP contribution < -0.4 is 4.74 Å². The second-order valence-corrected chi connectivity index (χ2v) is 7.46. The van der Waals surface area contributed by atoms with Crippen LogP contribution in [0.25, 0.3) is 0 Å². The lowest BCUT2D eigenvalue weighted by atomic mass is 10.0. The van der Waals surface area contributed by atoms with E-state index in [0.29, 0.717) is 17.9 Å². The van der Waals surface area contributed by atoms with Gasteiger partial charge < -0.3 is 14.5 Å². The Balaban J connectivity index is 1.53. The fourth-order valence-electron chi connectivity index (χ4n) is 3.65. The van der Waals surface area contributed by atoms with Gasteiger partial charge in [-0.05, 0) is 42.0 Å². The molecule has 32 heavy (non-hydrogen) atoms. The summed E-state index contributed by atoms with van der Waals surface area (Å²) in [5, 5.41) is 4.19. The van der Waals surface area contributed by atoms with Crippen LogP contribution in [0.1, 0.15) is 27.9 Å². The van der Waals surface area contributed by atoms with Gasteiger partial charge in [-0.2, -0.15) is 0 Å². The van der Waals surface area contributed by atoms with Crippen molar-refractivity contribution in [2.24, 2.45) is 5.16 Å². The SMILES string of the molecule is COc1ccccc1C1=NO[C@@H](CN(Cc2ccc(F)cc2)C(=O)c2ccccc2F)C1. The third-order valence-electron chi connectivity index (χ3n) is 5.25. The van der Waals surface area contributed by atoms with Crippen molar-refractivity contribution in [2.75, 3.05) is 13.7 Å². The predicted octanol–water partition coefficient (Wildman–Crippen LogP) is 4.81. The van der Waals surface area contributed by atoms with Gasteiger partial charge in [0.1, 0.15) is 17.4 Å². The van der Waals surface area contributed by atoms with Crippen molar-refractivity contribution < 1.29 is 23.1 Å². The first-order chi connectivity index (χ1) is 15.5. The first kappa shape index (κ1) is 21.5. The molecule has 0 aromatic heterocycles. The summed E-state index contributed by atoms with van der Waals surface area (Å²) in [7, 11) is 1.59. The van der Waals surface area contributed by atoms with Gasteiger partial charge in [-0.1, -0.05) is 41.6 Å². The molecule has 7 heteroatoms. The molecule has 0 unspecified atom stereocenters. The molecule has 1 amide bonds. The second-order valence-electron chi connectivity index (χ2n) is 7.46. The number of oxime groups is 1. The van der Waals surface area contributed by atoms with Crippen LogP contribution >= 0.6 is 0 Å². The largest absolute Gasteiger partial charge is 0.496 e. The van der Waals surface area contributed by atoms with Gasteiger partial charge in [0.2, 0.25) is 0 Å². The number of halogens is 2. The van der Waals surface area contributed by atoms with Crippen molar-refractivity contribution in [3.63, 3.8) is 0 Å². The Morgan fingerprint density at radius 1 is 1.06 bits per heavy atom. The molecule has 0 radical (unpaired) electrons. The number of hydrogen-bond donors (Lipinski definition) is 0. The summed E-state index contributed by atoms with van der Waals surface area (Å²) in [6, 6.07) is 19.2.